The third kappa shape index (κ3) is 2.85. The van der Waals surface area contributed by atoms with Crippen molar-refractivity contribution < 1.29 is 13.2 Å². The van der Waals surface area contributed by atoms with Gasteiger partial charge in [-0.05, 0) is 25.5 Å². The van der Waals surface area contributed by atoms with Gasteiger partial charge in [0.2, 0.25) is 10.0 Å². The summed E-state index contributed by atoms with van der Waals surface area (Å²) in [4.78, 5) is 19.1. The van der Waals surface area contributed by atoms with Crippen molar-refractivity contribution in [2.75, 3.05) is 20.1 Å². The van der Waals surface area contributed by atoms with Gasteiger partial charge in [-0.2, -0.15) is 4.31 Å². The second-order valence-corrected chi connectivity index (χ2v) is 8.04. The average molecular weight is 362 g/mol. The van der Waals surface area contributed by atoms with Crippen molar-refractivity contribution in [1.82, 2.24) is 18.8 Å². The third-order valence-corrected chi connectivity index (χ3v) is 6.27. The highest BCUT2D eigenvalue weighted by molar-refractivity contribution is 7.89. The number of hydrogen-bond donors (Lipinski definition) is 0. The molecular formula is C17H22N4O3S. The number of fused-ring (bicyclic) bond motifs is 3. The summed E-state index contributed by atoms with van der Waals surface area (Å²) in [6.07, 6.45) is 2.39. The van der Waals surface area contributed by atoms with Crippen molar-refractivity contribution in [1.29, 1.82) is 0 Å². The standard InChI is InChI=1S/C17H22N4O3S/c1-4-10-20(5-2)17(22)16-14-11-19(3)25(23,24)15-9-7-6-8-13(15)21(14)12-18-16/h6-9,12H,4-5,10-11H2,1-3H3. The molecule has 0 saturated heterocycles. The smallest absolute Gasteiger partial charge is 0.274 e. The fraction of sp³-hybridized carbons (Fsp3) is 0.412. The maximum atomic E-state index is 12.9. The van der Waals surface area contributed by atoms with E-state index in [2.05, 4.69) is 4.98 Å². The summed E-state index contributed by atoms with van der Waals surface area (Å²) in [6, 6.07) is 6.78. The van der Waals surface area contributed by atoms with E-state index in [1.54, 1.807) is 33.7 Å². The van der Waals surface area contributed by atoms with Crippen LogP contribution in [0.4, 0.5) is 0 Å². The second-order valence-electron chi connectivity index (χ2n) is 6.02. The molecule has 7 nitrogen and oxygen atoms in total. The molecule has 0 fully saturated rings. The van der Waals surface area contributed by atoms with Gasteiger partial charge in [0.15, 0.2) is 5.69 Å². The van der Waals surface area contributed by atoms with Crippen LogP contribution in [0.1, 0.15) is 36.5 Å². The number of hydrogen-bond acceptors (Lipinski definition) is 4. The number of carbonyl (C=O) groups excluding carboxylic acids is 1. The van der Waals surface area contributed by atoms with E-state index < -0.39 is 10.0 Å². The molecule has 0 spiro atoms. The van der Waals surface area contributed by atoms with Crippen LogP contribution < -0.4 is 0 Å². The minimum atomic E-state index is -3.61. The molecule has 8 heteroatoms. The number of rotatable bonds is 4. The number of amides is 1. The summed E-state index contributed by atoms with van der Waals surface area (Å²) in [5.41, 5.74) is 1.43. The molecule has 0 unspecified atom stereocenters. The fourth-order valence-electron chi connectivity index (χ4n) is 3.07. The van der Waals surface area contributed by atoms with Gasteiger partial charge in [-0.3, -0.25) is 9.36 Å². The Labute approximate surface area is 147 Å². The first-order valence-electron chi connectivity index (χ1n) is 8.33. The van der Waals surface area contributed by atoms with Gasteiger partial charge in [0.05, 0.1) is 17.9 Å². The lowest BCUT2D eigenvalue weighted by molar-refractivity contribution is 0.0757. The number of aromatic nitrogens is 2. The second kappa shape index (κ2) is 6.61. The minimum Gasteiger partial charge on any atom is -0.338 e. The molecule has 0 bridgehead atoms. The fourth-order valence-corrected chi connectivity index (χ4v) is 4.38. The SMILES string of the molecule is CCCN(CC)C(=O)c1ncn2c1CN(C)S(=O)(=O)c1ccccc1-2. The Morgan fingerprint density at radius 1 is 1.28 bits per heavy atom. The number of sulfonamides is 1. The van der Waals surface area contributed by atoms with Crippen molar-refractivity contribution in [2.45, 2.75) is 31.7 Å². The Hall–Kier alpha value is -2.19. The van der Waals surface area contributed by atoms with Crippen LogP contribution >= 0.6 is 0 Å². The number of para-hydroxylation sites is 1. The quantitative estimate of drug-likeness (QED) is 0.832. The van der Waals surface area contributed by atoms with E-state index in [0.717, 1.165) is 6.42 Å². The Balaban J connectivity index is 2.16. The molecule has 1 aromatic carbocycles. The number of nitrogens with zero attached hydrogens (tertiary/aromatic N) is 4. The zero-order valence-electron chi connectivity index (χ0n) is 14.6. The van der Waals surface area contributed by atoms with E-state index in [-0.39, 0.29) is 17.3 Å². The molecule has 0 radical (unpaired) electrons. The Morgan fingerprint density at radius 2 is 2.00 bits per heavy atom. The lowest BCUT2D eigenvalue weighted by Gasteiger charge is -2.20. The topological polar surface area (TPSA) is 75.5 Å². The first-order chi connectivity index (χ1) is 11.9. The minimum absolute atomic E-state index is 0.0990. The van der Waals surface area contributed by atoms with E-state index in [4.69, 9.17) is 0 Å². The van der Waals surface area contributed by atoms with E-state index in [1.165, 1.54) is 17.7 Å². The van der Waals surface area contributed by atoms with Crippen LogP contribution in [0.15, 0.2) is 35.5 Å². The van der Waals surface area contributed by atoms with E-state index >= 15 is 0 Å². The zero-order valence-corrected chi connectivity index (χ0v) is 15.5. The number of imidazole rings is 1. The molecule has 0 atom stereocenters. The number of carbonyl (C=O) groups is 1. The highest BCUT2D eigenvalue weighted by Crippen LogP contribution is 2.30. The summed E-state index contributed by atoms with van der Waals surface area (Å²) in [6.45, 7) is 5.27. The van der Waals surface area contributed by atoms with Gasteiger partial charge in [0, 0.05) is 20.1 Å². The molecule has 134 valence electrons. The van der Waals surface area contributed by atoms with Crippen LogP contribution in [0, 0.1) is 0 Å². The highest BCUT2D eigenvalue weighted by Gasteiger charge is 2.33. The van der Waals surface area contributed by atoms with Gasteiger partial charge < -0.3 is 4.90 Å². The van der Waals surface area contributed by atoms with Gasteiger partial charge in [-0.15, -0.1) is 0 Å². The Morgan fingerprint density at radius 3 is 2.68 bits per heavy atom. The first kappa shape index (κ1) is 17.6. The van der Waals surface area contributed by atoms with Crippen molar-refractivity contribution in [2.24, 2.45) is 0 Å². The lowest BCUT2D eigenvalue weighted by atomic mass is 10.2. The molecule has 1 aliphatic heterocycles. The van der Waals surface area contributed by atoms with Crippen LogP contribution in [0.2, 0.25) is 0 Å². The molecule has 25 heavy (non-hydrogen) atoms. The third-order valence-electron chi connectivity index (χ3n) is 4.42. The van der Waals surface area contributed by atoms with Crippen LogP contribution in [0.25, 0.3) is 5.69 Å². The van der Waals surface area contributed by atoms with Crippen LogP contribution in [0.5, 0.6) is 0 Å². The maximum absolute atomic E-state index is 12.9. The molecule has 1 aliphatic rings. The molecule has 3 rings (SSSR count). The molecule has 1 amide bonds. The van der Waals surface area contributed by atoms with E-state index in [0.29, 0.717) is 30.2 Å². The first-order valence-corrected chi connectivity index (χ1v) is 9.77. The molecule has 0 saturated carbocycles. The molecule has 2 heterocycles. The molecular weight excluding hydrogens is 340 g/mol. The predicted octanol–water partition coefficient (Wildman–Crippen LogP) is 1.88. The normalized spacial score (nSPS) is 16.0. The van der Waals surface area contributed by atoms with Gasteiger partial charge in [-0.1, -0.05) is 19.1 Å². The van der Waals surface area contributed by atoms with Crippen molar-refractivity contribution in [3.63, 3.8) is 0 Å². The maximum Gasteiger partial charge on any atom is 0.274 e. The van der Waals surface area contributed by atoms with Gasteiger partial charge in [-0.25, -0.2) is 13.4 Å². The molecule has 1 aromatic heterocycles. The van der Waals surface area contributed by atoms with Crippen molar-refractivity contribution in [3.8, 4) is 5.69 Å². The summed E-state index contributed by atoms with van der Waals surface area (Å²) in [7, 11) is -2.09. The van der Waals surface area contributed by atoms with Crippen molar-refractivity contribution >= 4 is 15.9 Å². The Kier molecular flexibility index (Phi) is 4.66. The van der Waals surface area contributed by atoms with Gasteiger partial charge in [0.25, 0.3) is 5.91 Å². The molecule has 0 aliphatic carbocycles. The summed E-state index contributed by atoms with van der Waals surface area (Å²) in [5, 5.41) is 0. The number of benzene rings is 1. The largest absolute Gasteiger partial charge is 0.338 e. The highest BCUT2D eigenvalue weighted by atomic mass is 32.2. The summed E-state index contributed by atoms with van der Waals surface area (Å²) < 4.78 is 28.5. The monoisotopic (exact) mass is 362 g/mol. The average Bonchev–Trinajstić information content (AvgIpc) is 2.99. The summed E-state index contributed by atoms with van der Waals surface area (Å²) in [5.74, 6) is -0.164. The van der Waals surface area contributed by atoms with Crippen LogP contribution in [-0.2, 0) is 16.6 Å². The summed E-state index contributed by atoms with van der Waals surface area (Å²) >= 11 is 0. The lowest BCUT2D eigenvalue weighted by Crippen LogP contribution is -2.33. The van der Waals surface area contributed by atoms with Gasteiger partial charge >= 0.3 is 0 Å². The van der Waals surface area contributed by atoms with Crippen LogP contribution in [-0.4, -0.2) is 53.2 Å². The van der Waals surface area contributed by atoms with E-state index in [1.807, 2.05) is 13.8 Å². The molecule has 2 aromatic rings. The van der Waals surface area contributed by atoms with Gasteiger partial charge in [0.1, 0.15) is 11.2 Å². The van der Waals surface area contributed by atoms with E-state index in [9.17, 15) is 13.2 Å². The zero-order chi connectivity index (χ0) is 18.2. The molecule has 0 N–H and O–H groups in total. The van der Waals surface area contributed by atoms with Crippen molar-refractivity contribution in [3.05, 3.63) is 42.0 Å². The predicted molar refractivity (Wildman–Crippen MR) is 94.1 cm³/mol. The van der Waals surface area contributed by atoms with Crippen LogP contribution in [0.3, 0.4) is 0 Å². The Bertz CT molecular complexity index is 904.